The van der Waals surface area contributed by atoms with E-state index >= 15 is 0 Å². The third-order valence-electron chi connectivity index (χ3n) is 14.4. The number of carbonyl (C=O) groups excluding carboxylic acids is 1. The van der Waals surface area contributed by atoms with Crippen molar-refractivity contribution in [1.82, 2.24) is 5.32 Å². The molecular formula is C62H115NO8. The van der Waals surface area contributed by atoms with Gasteiger partial charge in [-0.1, -0.05) is 255 Å². The van der Waals surface area contributed by atoms with E-state index < -0.39 is 49.5 Å². The Morgan fingerprint density at radius 3 is 1.18 bits per heavy atom. The standard InChI is InChI=1S/C62H115NO8/c1-3-5-7-9-11-13-15-17-19-21-23-25-27-28-30-32-34-36-38-40-42-44-46-48-50-52-58(66)63-55(54-70-62-61(69)60(68)59(67)57(53-64)71-62)56(65)51-49-47-45-43-41-39-37-35-33-31-29-26-24-22-20-18-16-14-12-10-8-6-4-2/h28,30,33,35,41,43,49,51,55-57,59-62,64-65,67-69H,3-27,29,31-32,34,36-40,42,44-48,50,52-54H2,1-2H3,(H,63,66)/b30-28-,35-33+,43-41+,51-49+. The first-order valence-corrected chi connectivity index (χ1v) is 30.4. The molecule has 1 aliphatic heterocycles. The van der Waals surface area contributed by atoms with Gasteiger partial charge in [0.25, 0.3) is 0 Å². The van der Waals surface area contributed by atoms with Crippen LogP contribution in [0.3, 0.4) is 0 Å². The number of allylic oxidation sites excluding steroid dienone is 7. The number of amides is 1. The number of nitrogens with one attached hydrogen (secondary N) is 1. The van der Waals surface area contributed by atoms with Gasteiger partial charge in [0, 0.05) is 6.42 Å². The Morgan fingerprint density at radius 2 is 0.803 bits per heavy atom. The zero-order valence-corrected chi connectivity index (χ0v) is 46.2. The molecule has 0 spiro atoms. The number of hydrogen-bond acceptors (Lipinski definition) is 8. The number of ether oxygens (including phenoxy) is 2. The molecule has 0 aromatic rings. The normalized spacial score (nSPS) is 19.6. The molecule has 0 aromatic heterocycles. The lowest BCUT2D eigenvalue weighted by Gasteiger charge is -2.40. The van der Waals surface area contributed by atoms with Gasteiger partial charge in [0.1, 0.15) is 24.4 Å². The molecule has 6 N–H and O–H groups in total. The maximum absolute atomic E-state index is 13.1. The SMILES string of the molecule is CCCCCCCCCCCCCC/C=C\CCCCCCCCCCCC(=O)NC(COC1OC(CO)C(O)C(O)C1O)C(O)/C=C/CC/C=C/CC/C=C/CCCCCCCCCCCCCCC. The Hall–Kier alpha value is -1.85. The van der Waals surface area contributed by atoms with Crippen LogP contribution in [0.4, 0.5) is 0 Å². The van der Waals surface area contributed by atoms with Crippen molar-refractivity contribution in [2.75, 3.05) is 13.2 Å². The Balaban J connectivity index is 2.24. The van der Waals surface area contributed by atoms with Gasteiger partial charge in [-0.15, -0.1) is 0 Å². The third kappa shape index (κ3) is 41.1. The van der Waals surface area contributed by atoms with Crippen molar-refractivity contribution < 1.29 is 39.8 Å². The Morgan fingerprint density at radius 1 is 0.465 bits per heavy atom. The highest BCUT2D eigenvalue weighted by atomic mass is 16.7. The molecule has 1 fully saturated rings. The van der Waals surface area contributed by atoms with E-state index in [1.54, 1.807) is 6.08 Å². The van der Waals surface area contributed by atoms with Crippen molar-refractivity contribution in [2.45, 2.75) is 326 Å². The van der Waals surface area contributed by atoms with E-state index in [2.05, 4.69) is 55.6 Å². The Bertz CT molecular complexity index is 1250. The molecule has 0 radical (unpaired) electrons. The van der Waals surface area contributed by atoms with Crippen LogP contribution in [0.1, 0.15) is 284 Å². The van der Waals surface area contributed by atoms with Crippen LogP contribution in [0.15, 0.2) is 48.6 Å². The monoisotopic (exact) mass is 1000 g/mol. The third-order valence-corrected chi connectivity index (χ3v) is 14.4. The molecular weight excluding hydrogens is 887 g/mol. The average Bonchev–Trinajstić information content (AvgIpc) is 3.37. The molecule has 1 amide bonds. The zero-order valence-electron chi connectivity index (χ0n) is 46.2. The van der Waals surface area contributed by atoms with Crippen molar-refractivity contribution in [1.29, 1.82) is 0 Å². The van der Waals surface area contributed by atoms with Gasteiger partial charge in [-0.2, -0.15) is 0 Å². The number of unbranched alkanes of at least 4 members (excludes halogenated alkanes) is 36. The fraction of sp³-hybridized carbons (Fsp3) is 0.855. The molecule has 0 aromatic carbocycles. The molecule has 416 valence electrons. The summed E-state index contributed by atoms with van der Waals surface area (Å²) in [7, 11) is 0. The van der Waals surface area contributed by atoms with Crippen LogP contribution < -0.4 is 5.32 Å². The zero-order chi connectivity index (χ0) is 51.5. The topological polar surface area (TPSA) is 149 Å². The highest BCUT2D eigenvalue weighted by Gasteiger charge is 2.44. The van der Waals surface area contributed by atoms with E-state index in [0.29, 0.717) is 6.42 Å². The predicted molar refractivity (Wildman–Crippen MR) is 299 cm³/mol. The van der Waals surface area contributed by atoms with E-state index in [0.717, 1.165) is 44.9 Å². The second kappa shape index (κ2) is 51.6. The molecule has 7 atom stereocenters. The van der Waals surface area contributed by atoms with Crippen LogP contribution in [-0.4, -0.2) is 87.5 Å². The van der Waals surface area contributed by atoms with Crippen LogP contribution in [-0.2, 0) is 14.3 Å². The van der Waals surface area contributed by atoms with Gasteiger partial charge in [0.05, 0.1) is 25.4 Å². The van der Waals surface area contributed by atoms with E-state index in [1.807, 2.05) is 6.08 Å². The van der Waals surface area contributed by atoms with Crippen molar-refractivity contribution in [2.24, 2.45) is 0 Å². The number of aliphatic hydroxyl groups excluding tert-OH is 5. The molecule has 9 nitrogen and oxygen atoms in total. The summed E-state index contributed by atoms with van der Waals surface area (Å²) in [6.45, 7) is 3.79. The molecule has 1 saturated heterocycles. The summed E-state index contributed by atoms with van der Waals surface area (Å²) in [4.78, 5) is 13.1. The van der Waals surface area contributed by atoms with E-state index in [9.17, 15) is 30.3 Å². The molecule has 71 heavy (non-hydrogen) atoms. The van der Waals surface area contributed by atoms with Crippen LogP contribution in [0.2, 0.25) is 0 Å². The molecule has 0 saturated carbocycles. The minimum Gasteiger partial charge on any atom is -0.394 e. The van der Waals surface area contributed by atoms with Crippen molar-refractivity contribution in [3.05, 3.63) is 48.6 Å². The second-order valence-electron chi connectivity index (χ2n) is 21.1. The quantitative estimate of drug-likeness (QED) is 0.0261. The minimum absolute atomic E-state index is 0.190. The fourth-order valence-electron chi connectivity index (χ4n) is 9.54. The lowest BCUT2D eigenvalue weighted by Crippen LogP contribution is -2.60. The summed E-state index contributed by atoms with van der Waals surface area (Å²) in [6.07, 6.45) is 61.9. The van der Waals surface area contributed by atoms with Gasteiger partial charge in [0.2, 0.25) is 5.91 Å². The highest BCUT2D eigenvalue weighted by Crippen LogP contribution is 2.23. The molecule has 1 rings (SSSR count). The van der Waals surface area contributed by atoms with Gasteiger partial charge in [-0.3, -0.25) is 4.79 Å². The van der Waals surface area contributed by atoms with Crippen molar-refractivity contribution in [3.8, 4) is 0 Å². The highest BCUT2D eigenvalue weighted by molar-refractivity contribution is 5.76. The summed E-state index contributed by atoms with van der Waals surface area (Å²) in [5, 5.41) is 54.5. The van der Waals surface area contributed by atoms with Crippen LogP contribution in [0.25, 0.3) is 0 Å². The fourth-order valence-corrected chi connectivity index (χ4v) is 9.54. The largest absolute Gasteiger partial charge is 0.394 e. The van der Waals surface area contributed by atoms with Crippen LogP contribution >= 0.6 is 0 Å². The van der Waals surface area contributed by atoms with Crippen molar-refractivity contribution >= 4 is 5.91 Å². The molecule has 9 heteroatoms. The van der Waals surface area contributed by atoms with Crippen LogP contribution in [0.5, 0.6) is 0 Å². The molecule has 7 unspecified atom stereocenters. The van der Waals surface area contributed by atoms with E-state index in [1.165, 1.54) is 218 Å². The summed E-state index contributed by atoms with van der Waals surface area (Å²) in [5.74, 6) is -0.190. The first-order valence-electron chi connectivity index (χ1n) is 30.4. The first kappa shape index (κ1) is 67.2. The van der Waals surface area contributed by atoms with Gasteiger partial charge >= 0.3 is 0 Å². The Labute approximate surface area is 437 Å². The summed E-state index contributed by atoms with van der Waals surface area (Å²) < 4.78 is 11.3. The molecule has 0 aliphatic carbocycles. The van der Waals surface area contributed by atoms with Gasteiger partial charge < -0.3 is 40.3 Å². The molecule has 1 aliphatic rings. The number of aliphatic hydroxyl groups is 5. The molecule has 0 bridgehead atoms. The van der Waals surface area contributed by atoms with Crippen LogP contribution in [0, 0.1) is 0 Å². The lowest BCUT2D eigenvalue weighted by molar-refractivity contribution is -0.302. The number of carbonyl (C=O) groups is 1. The maximum atomic E-state index is 13.1. The van der Waals surface area contributed by atoms with Gasteiger partial charge in [-0.25, -0.2) is 0 Å². The summed E-state index contributed by atoms with van der Waals surface area (Å²) >= 11 is 0. The van der Waals surface area contributed by atoms with E-state index in [4.69, 9.17) is 9.47 Å². The minimum atomic E-state index is -1.58. The smallest absolute Gasteiger partial charge is 0.220 e. The Kier molecular flexibility index (Phi) is 48.8. The first-order chi connectivity index (χ1) is 34.8. The predicted octanol–water partition coefficient (Wildman–Crippen LogP) is 15.3. The average molecular weight is 1000 g/mol. The van der Waals surface area contributed by atoms with Gasteiger partial charge in [-0.05, 0) is 70.6 Å². The van der Waals surface area contributed by atoms with Gasteiger partial charge in [0.15, 0.2) is 6.29 Å². The molecule has 1 heterocycles. The number of rotatable bonds is 52. The maximum Gasteiger partial charge on any atom is 0.220 e. The number of hydrogen-bond donors (Lipinski definition) is 6. The summed E-state index contributed by atoms with van der Waals surface area (Å²) in [5.41, 5.74) is 0. The lowest BCUT2D eigenvalue weighted by atomic mass is 9.99. The van der Waals surface area contributed by atoms with E-state index in [-0.39, 0.29) is 12.5 Å². The van der Waals surface area contributed by atoms with Crippen molar-refractivity contribution in [3.63, 3.8) is 0 Å². The summed E-state index contributed by atoms with van der Waals surface area (Å²) in [6, 6.07) is -0.831. The second-order valence-corrected chi connectivity index (χ2v) is 21.1.